The summed E-state index contributed by atoms with van der Waals surface area (Å²) in [6.45, 7) is 6.83. The average Bonchev–Trinajstić information content (AvgIpc) is 2.98. The summed E-state index contributed by atoms with van der Waals surface area (Å²) in [7, 11) is 0. The van der Waals surface area contributed by atoms with Crippen molar-refractivity contribution < 1.29 is 38.5 Å². The third-order valence-corrected chi connectivity index (χ3v) is 7.10. The highest BCUT2D eigenvalue weighted by Crippen LogP contribution is 2.33. The molecule has 0 spiro atoms. The van der Waals surface area contributed by atoms with Crippen LogP contribution < -0.4 is 9.47 Å². The van der Waals surface area contributed by atoms with Gasteiger partial charge in [0, 0.05) is 16.6 Å². The van der Waals surface area contributed by atoms with Crippen LogP contribution in [0.3, 0.4) is 0 Å². The van der Waals surface area contributed by atoms with E-state index < -0.39 is 21.4 Å². The molecule has 0 N–H and O–H groups in total. The normalized spacial score (nSPS) is 13.4. The second-order valence-electron chi connectivity index (χ2n) is 7.60. The summed E-state index contributed by atoms with van der Waals surface area (Å²) in [5, 5.41) is 21.0. The van der Waals surface area contributed by atoms with E-state index in [1.807, 2.05) is 0 Å². The van der Waals surface area contributed by atoms with E-state index in [0.29, 0.717) is 15.6 Å². The van der Waals surface area contributed by atoms with Crippen molar-refractivity contribution in [1.29, 1.82) is 0 Å². The van der Waals surface area contributed by atoms with Gasteiger partial charge in [0.25, 0.3) is 30.2 Å². The monoisotopic (exact) mass is 724 g/mol. The van der Waals surface area contributed by atoms with Crippen molar-refractivity contribution in [2.45, 2.75) is 33.2 Å². The molecule has 0 saturated carbocycles. The predicted molar refractivity (Wildman–Crippen MR) is 143 cm³/mol. The van der Waals surface area contributed by atoms with Gasteiger partial charge >= 0.3 is 6.03 Å². The van der Waals surface area contributed by atoms with Crippen LogP contribution in [0.15, 0.2) is 34.8 Å². The van der Waals surface area contributed by atoms with Gasteiger partial charge in [0.2, 0.25) is 0 Å². The van der Waals surface area contributed by atoms with E-state index in [1.54, 1.807) is 13.8 Å². The number of nitrogens with zero attached hydrogens (tertiary/aromatic N) is 4. The molecule has 0 aliphatic carbocycles. The molecule has 1 aliphatic heterocycles. The molecule has 3 amide bonds. The number of imide groups is 1. The van der Waals surface area contributed by atoms with Gasteiger partial charge in [0.1, 0.15) is 17.0 Å². The molecule has 204 valence electrons. The smallest absolute Gasteiger partial charge is 0.348 e. The van der Waals surface area contributed by atoms with Crippen molar-refractivity contribution in [3.05, 3.63) is 66.2 Å². The Balaban J connectivity index is 0.000000287. The van der Waals surface area contributed by atoms with Gasteiger partial charge in [-0.05, 0) is 39.8 Å². The highest BCUT2D eigenvalue weighted by Gasteiger charge is 2.50. The van der Waals surface area contributed by atoms with E-state index >= 15 is 0 Å². The Morgan fingerprint density at radius 2 is 1.39 bits per heavy atom. The van der Waals surface area contributed by atoms with Crippen molar-refractivity contribution in [3.63, 3.8) is 0 Å². The second-order valence-corrected chi connectivity index (χ2v) is 9.93. The fourth-order valence-corrected chi connectivity index (χ4v) is 4.25. The van der Waals surface area contributed by atoms with Crippen molar-refractivity contribution in [3.8, 4) is 11.5 Å². The Bertz CT molecular complexity index is 1270. The lowest BCUT2D eigenvalue weighted by atomic mass is 10.1. The fraction of sp³-hybridized carbons (Fsp3) is 0.238. The summed E-state index contributed by atoms with van der Waals surface area (Å²) in [5.74, 6) is 0.115. The number of hydrogen-bond donors (Lipinski definition) is 0. The molecule has 3 rings (SSSR count). The molecule has 17 heteroatoms. The lowest BCUT2D eigenvalue weighted by Gasteiger charge is -2.19. The number of benzene rings is 2. The molecular formula is C21H19Br3N4O10. The minimum atomic E-state index is -0.805. The lowest BCUT2D eigenvalue weighted by molar-refractivity contribution is -0.385. The quantitative estimate of drug-likeness (QED) is 0.125. The number of urea groups is 1. The Hall–Kier alpha value is -3.44. The second kappa shape index (κ2) is 13.9. The van der Waals surface area contributed by atoms with Crippen molar-refractivity contribution in [2.75, 3.05) is 0 Å². The van der Waals surface area contributed by atoms with Crippen LogP contribution >= 0.6 is 48.2 Å². The summed E-state index contributed by atoms with van der Waals surface area (Å²) in [6, 6.07) is 6.76. The molecule has 1 fully saturated rings. The van der Waals surface area contributed by atoms with E-state index in [1.165, 1.54) is 48.1 Å². The fourth-order valence-electron chi connectivity index (χ4n) is 2.71. The number of rotatable bonds is 6. The molecule has 38 heavy (non-hydrogen) atoms. The van der Waals surface area contributed by atoms with E-state index in [2.05, 4.69) is 57.7 Å². The van der Waals surface area contributed by atoms with E-state index in [-0.39, 0.29) is 41.7 Å². The summed E-state index contributed by atoms with van der Waals surface area (Å²) in [6.07, 6.45) is 0. The van der Waals surface area contributed by atoms with Crippen molar-refractivity contribution >= 4 is 84.5 Å². The highest BCUT2D eigenvalue weighted by molar-refractivity contribution is 9.10. The maximum Gasteiger partial charge on any atom is 0.348 e. The van der Waals surface area contributed by atoms with Crippen LogP contribution in [0.5, 0.6) is 11.5 Å². The zero-order chi connectivity index (χ0) is 29.4. The molecule has 1 saturated heterocycles. The maximum absolute atomic E-state index is 11.2. The molecule has 0 bridgehead atoms. The van der Waals surface area contributed by atoms with Crippen LogP contribution in [0.1, 0.15) is 25.0 Å². The predicted octanol–water partition coefficient (Wildman–Crippen LogP) is 5.29. The van der Waals surface area contributed by atoms with Crippen LogP contribution in [-0.2, 0) is 14.4 Å². The summed E-state index contributed by atoms with van der Waals surface area (Å²) in [4.78, 5) is 62.4. The minimum Gasteiger partial charge on any atom is -0.428 e. The van der Waals surface area contributed by atoms with Crippen LogP contribution in [-0.4, -0.2) is 48.1 Å². The SMILES string of the molecule is CC1(C)C(=O)N(Br)C(=O)N1Br.Cc1c(OC=O)cc(Br)cc1[N+](=O)[O-].Cc1c(OC=O)cccc1[N+](=O)[O-]. The molecule has 0 radical (unpaired) electrons. The molecule has 1 aliphatic rings. The van der Waals surface area contributed by atoms with E-state index in [0.717, 1.165) is 3.93 Å². The molecule has 1 heterocycles. The van der Waals surface area contributed by atoms with Gasteiger partial charge in [-0.3, -0.25) is 34.6 Å². The van der Waals surface area contributed by atoms with E-state index in [9.17, 15) is 39.4 Å². The van der Waals surface area contributed by atoms with Crippen LogP contribution in [0, 0.1) is 34.1 Å². The van der Waals surface area contributed by atoms with Crippen molar-refractivity contribution in [2.24, 2.45) is 0 Å². The summed E-state index contributed by atoms with van der Waals surface area (Å²) < 4.78 is 11.7. The molecular weight excluding hydrogens is 708 g/mol. The van der Waals surface area contributed by atoms with Gasteiger partial charge in [-0.25, -0.2) is 8.72 Å². The summed E-state index contributed by atoms with van der Waals surface area (Å²) in [5.41, 5.74) is -0.277. The Kier molecular flexibility index (Phi) is 11.9. The zero-order valence-corrected chi connectivity index (χ0v) is 24.8. The summed E-state index contributed by atoms with van der Waals surface area (Å²) >= 11 is 8.93. The molecule has 0 aromatic heterocycles. The van der Waals surface area contributed by atoms with Gasteiger partial charge in [0.15, 0.2) is 0 Å². The zero-order valence-electron chi connectivity index (χ0n) is 20.0. The van der Waals surface area contributed by atoms with Crippen molar-refractivity contribution in [1.82, 2.24) is 7.85 Å². The Labute approximate surface area is 241 Å². The molecule has 0 atom stereocenters. The number of nitro groups is 2. The molecule has 2 aromatic rings. The molecule has 14 nitrogen and oxygen atoms in total. The van der Waals surface area contributed by atoms with Gasteiger partial charge in [-0.2, -0.15) is 3.93 Å². The Morgan fingerprint density at radius 1 is 0.895 bits per heavy atom. The van der Waals surface area contributed by atoms with Crippen LogP contribution in [0.25, 0.3) is 0 Å². The van der Waals surface area contributed by atoms with Gasteiger partial charge in [-0.15, -0.1) is 0 Å². The van der Waals surface area contributed by atoms with E-state index in [4.69, 9.17) is 0 Å². The first kappa shape index (κ1) is 32.6. The van der Waals surface area contributed by atoms with Gasteiger partial charge in [-0.1, -0.05) is 22.0 Å². The van der Waals surface area contributed by atoms with Gasteiger partial charge in [0.05, 0.1) is 53.3 Å². The first-order valence-electron chi connectivity index (χ1n) is 10.0. The largest absolute Gasteiger partial charge is 0.428 e. The first-order chi connectivity index (χ1) is 17.6. The number of halogens is 3. The van der Waals surface area contributed by atoms with Crippen LogP contribution in [0.4, 0.5) is 16.2 Å². The number of ether oxygens (including phenoxy) is 2. The third kappa shape index (κ3) is 7.78. The lowest BCUT2D eigenvalue weighted by Crippen LogP contribution is -2.37. The first-order valence-corrected chi connectivity index (χ1v) is 12.2. The Morgan fingerprint density at radius 3 is 1.79 bits per heavy atom. The minimum absolute atomic E-state index is 0.0562. The van der Waals surface area contributed by atoms with Crippen LogP contribution in [0.2, 0.25) is 0 Å². The average molecular weight is 727 g/mol. The molecule has 0 unspecified atom stereocenters. The number of carbonyl (C=O) groups excluding carboxylic acids is 4. The standard InChI is InChI=1S/C8H6BrNO4.C8H7NO4.C5H6Br2N2O2/c1-5-7(10(12)13)2-6(9)3-8(5)14-4-11;1-6-7(9(11)12)3-2-4-8(6)13-5-10;1-5(2)3(10)8(6)4(11)9(5)7/h2-4H,1H3;2-5H,1H3;1-2H3. The number of hydrogen-bond acceptors (Lipinski definition) is 10. The maximum atomic E-state index is 11.2. The number of carbonyl (C=O) groups is 4. The number of amides is 3. The molecule has 2 aromatic carbocycles. The highest BCUT2D eigenvalue weighted by atomic mass is 79.9. The van der Waals surface area contributed by atoms with Gasteiger partial charge < -0.3 is 9.47 Å². The third-order valence-electron chi connectivity index (χ3n) is 4.82. The number of nitro benzene ring substituents is 2. The topological polar surface area (TPSA) is 180 Å².